The number of thiazole rings is 1. The van der Waals surface area contributed by atoms with Gasteiger partial charge in [-0.1, -0.05) is 0 Å². The molecule has 1 aliphatic heterocycles. The average Bonchev–Trinajstić information content (AvgIpc) is 2.78. The Labute approximate surface area is 134 Å². The van der Waals surface area contributed by atoms with Gasteiger partial charge in [-0.3, -0.25) is 4.79 Å². The Bertz CT molecular complexity index is 954. The van der Waals surface area contributed by atoms with Crippen molar-refractivity contribution >= 4 is 41.6 Å². The third-order valence-electron chi connectivity index (χ3n) is 3.03. The molecule has 2 aromatic rings. The van der Waals surface area contributed by atoms with Crippen molar-refractivity contribution in [1.29, 1.82) is 0 Å². The lowest BCUT2D eigenvalue weighted by Gasteiger charge is -2.06. The number of hydrogen-bond acceptors (Lipinski definition) is 5. The number of benzene rings is 1. The van der Waals surface area contributed by atoms with Crippen LogP contribution in [0.25, 0.3) is 12.2 Å². The molecule has 2 heterocycles. The van der Waals surface area contributed by atoms with E-state index < -0.39 is 0 Å². The van der Waals surface area contributed by atoms with Crippen LogP contribution in [0.3, 0.4) is 0 Å². The lowest BCUT2D eigenvalue weighted by atomic mass is 10.1. The number of nitrogens with zero attached hydrogens (tertiary/aromatic N) is 1. The molecule has 22 heavy (non-hydrogen) atoms. The van der Waals surface area contributed by atoms with Crippen LogP contribution in [0.4, 0.5) is 0 Å². The van der Waals surface area contributed by atoms with Crippen LogP contribution in [0.5, 0.6) is 11.6 Å². The number of aromatic nitrogens is 1. The summed E-state index contributed by atoms with van der Waals surface area (Å²) < 4.78 is 5.90. The predicted molar refractivity (Wildman–Crippen MR) is 87.0 cm³/mol. The van der Waals surface area contributed by atoms with Crippen LogP contribution in [-0.4, -0.2) is 22.6 Å². The highest BCUT2D eigenvalue weighted by molar-refractivity contribution is 7.73. The van der Waals surface area contributed by atoms with Crippen LogP contribution in [0.1, 0.15) is 11.8 Å². The highest BCUT2D eigenvalue weighted by Crippen LogP contribution is 2.25. The number of H-pyrrole nitrogens is 1. The Morgan fingerprint density at radius 2 is 2.32 bits per heavy atom. The number of nitrogens with one attached hydrogen (secondary N) is 1. The number of hydrogen-bond donors (Lipinski definition) is 2. The van der Waals surface area contributed by atoms with Crippen LogP contribution < -0.4 is 15.3 Å². The first-order valence-electron chi connectivity index (χ1n) is 6.58. The zero-order valence-electron chi connectivity index (χ0n) is 11.6. The van der Waals surface area contributed by atoms with E-state index in [1.165, 1.54) is 11.3 Å². The summed E-state index contributed by atoms with van der Waals surface area (Å²) in [5.41, 5.74) is 0.390. The molecule has 0 bridgehead atoms. The summed E-state index contributed by atoms with van der Waals surface area (Å²) in [5, 5.41) is 11.1. The van der Waals surface area contributed by atoms with Gasteiger partial charge in [-0.25, -0.2) is 4.99 Å². The number of carbonyl (C=O) groups is 1. The number of fused-ring (bicyclic) bond motifs is 1. The molecule has 0 fully saturated rings. The Morgan fingerprint density at radius 3 is 3.00 bits per heavy atom. The molecule has 5 nitrogen and oxygen atoms in total. The fraction of sp³-hybridized carbons (Fsp3) is 0.133. The topological polar surface area (TPSA) is 74.7 Å². The minimum absolute atomic E-state index is 0.0439. The van der Waals surface area contributed by atoms with Crippen LogP contribution in [0.2, 0.25) is 0 Å². The van der Waals surface area contributed by atoms with Crippen molar-refractivity contribution in [3.05, 3.63) is 43.2 Å². The fourth-order valence-electron chi connectivity index (χ4n) is 2.08. The highest BCUT2D eigenvalue weighted by Gasteiger charge is 2.13. The van der Waals surface area contributed by atoms with Gasteiger partial charge in [-0.15, -0.1) is 11.3 Å². The second kappa shape index (κ2) is 5.86. The maximum Gasteiger partial charge on any atom is 0.277 e. The summed E-state index contributed by atoms with van der Waals surface area (Å²) in [6, 6.07) is 5.37. The summed E-state index contributed by atoms with van der Waals surface area (Å²) in [4.78, 5) is 19.3. The number of carbonyl (C=O) groups excluding carboxylic acids is 1. The maximum atomic E-state index is 12.1. The number of aromatic hydroxyl groups is 1. The number of amides is 1. The minimum Gasteiger partial charge on any atom is -0.494 e. The van der Waals surface area contributed by atoms with Gasteiger partial charge in [0.1, 0.15) is 5.75 Å². The molecule has 1 aromatic carbocycles. The second-order valence-corrected chi connectivity index (χ2v) is 6.26. The largest absolute Gasteiger partial charge is 0.494 e. The van der Waals surface area contributed by atoms with E-state index in [4.69, 9.17) is 17.0 Å². The molecule has 0 spiro atoms. The summed E-state index contributed by atoms with van der Waals surface area (Å²) >= 11 is 6.16. The molecule has 0 saturated carbocycles. The zero-order chi connectivity index (χ0) is 15.7. The Morgan fingerprint density at radius 1 is 1.50 bits per heavy atom. The minimum atomic E-state index is -0.352. The van der Waals surface area contributed by atoms with E-state index in [-0.39, 0.29) is 11.8 Å². The van der Waals surface area contributed by atoms with Gasteiger partial charge < -0.3 is 14.8 Å². The molecule has 0 aliphatic carbocycles. The van der Waals surface area contributed by atoms with Gasteiger partial charge >= 0.3 is 0 Å². The van der Waals surface area contributed by atoms with Crippen LogP contribution in [0, 0.1) is 3.95 Å². The Hall–Kier alpha value is -2.25. The Kier molecular flexibility index (Phi) is 3.91. The first kappa shape index (κ1) is 14.7. The number of ether oxygens (including phenoxy) is 1. The quantitative estimate of drug-likeness (QED) is 0.665. The van der Waals surface area contributed by atoms with Crippen molar-refractivity contribution in [3.8, 4) is 11.6 Å². The summed E-state index contributed by atoms with van der Waals surface area (Å²) in [6.07, 6.45) is 3.31. The van der Waals surface area contributed by atoms with Gasteiger partial charge in [0.25, 0.3) is 5.91 Å². The average molecular weight is 332 g/mol. The van der Waals surface area contributed by atoms with Crippen molar-refractivity contribution in [1.82, 2.24) is 4.98 Å². The van der Waals surface area contributed by atoms with E-state index in [1.54, 1.807) is 24.3 Å². The van der Waals surface area contributed by atoms with E-state index in [1.807, 2.05) is 13.0 Å². The maximum absolute atomic E-state index is 12.1. The van der Waals surface area contributed by atoms with E-state index in [0.29, 0.717) is 26.4 Å². The smallest absolute Gasteiger partial charge is 0.277 e. The molecule has 1 amide bonds. The van der Waals surface area contributed by atoms with E-state index in [2.05, 4.69) is 9.98 Å². The first-order valence-corrected chi connectivity index (χ1v) is 7.80. The molecule has 0 unspecified atom stereocenters. The molecule has 2 N–H and O–H groups in total. The van der Waals surface area contributed by atoms with Crippen molar-refractivity contribution in [2.45, 2.75) is 6.92 Å². The van der Waals surface area contributed by atoms with Gasteiger partial charge in [0.2, 0.25) is 5.88 Å². The monoisotopic (exact) mass is 332 g/mol. The zero-order valence-corrected chi connectivity index (χ0v) is 13.3. The molecular weight excluding hydrogens is 320 g/mol. The van der Waals surface area contributed by atoms with Gasteiger partial charge in [0, 0.05) is 10.8 Å². The molecule has 1 aromatic heterocycles. The Balaban J connectivity index is 2.11. The first-order chi connectivity index (χ1) is 10.6. The molecule has 0 atom stereocenters. The third kappa shape index (κ3) is 2.86. The lowest BCUT2D eigenvalue weighted by molar-refractivity contribution is -0.114. The van der Waals surface area contributed by atoms with Gasteiger partial charge in [-0.2, -0.15) is 0 Å². The molecular formula is C15H12N2O3S2. The van der Waals surface area contributed by atoms with Crippen molar-refractivity contribution in [3.63, 3.8) is 0 Å². The van der Waals surface area contributed by atoms with Crippen LogP contribution >= 0.6 is 23.6 Å². The summed E-state index contributed by atoms with van der Waals surface area (Å²) in [6.45, 7) is 2.48. The van der Waals surface area contributed by atoms with Gasteiger partial charge in [0.15, 0.2) is 3.95 Å². The molecule has 1 aliphatic rings. The predicted octanol–water partition coefficient (Wildman–Crippen LogP) is 1.93. The standard InChI is InChI=1S/C15H12N2O3S2/c1-2-20-10-3-4-11-8(6-10)5-9(13(18)16-11)7-12-14(19)17-15(21)22-12/h3-7,19H,2H2,1H3,(H,17,21). The lowest BCUT2D eigenvalue weighted by Crippen LogP contribution is -2.30. The third-order valence-corrected chi connectivity index (χ3v) is 4.20. The highest BCUT2D eigenvalue weighted by atomic mass is 32.1. The van der Waals surface area contributed by atoms with Gasteiger partial charge in [-0.05, 0) is 49.5 Å². The van der Waals surface area contributed by atoms with Gasteiger partial charge in [0.05, 0.1) is 16.8 Å². The number of rotatable bonds is 3. The molecule has 3 rings (SSSR count). The molecule has 7 heteroatoms. The number of aromatic amines is 1. The molecule has 0 saturated heterocycles. The van der Waals surface area contributed by atoms with Crippen molar-refractivity contribution < 1.29 is 14.6 Å². The van der Waals surface area contributed by atoms with E-state index in [0.717, 1.165) is 11.0 Å². The molecule has 112 valence electrons. The van der Waals surface area contributed by atoms with Crippen molar-refractivity contribution in [2.24, 2.45) is 4.99 Å². The summed E-state index contributed by atoms with van der Waals surface area (Å²) in [7, 11) is 0. The van der Waals surface area contributed by atoms with Crippen LogP contribution in [0.15, 0.2) is 28.8 Å². The van der Waals surface area contributed by atoms with Crippen molar-refractivity contribution in [2.75, 3.05) is 6.61 Å². The normalized spacial score (nSPS) is 15.1. The van der Waals surface area contributed by atoms with Crippen LogP contribution in [-0.2, 0) is 4.79 Å². The SMILES string of the molecule is CCOc1ccc2c(c1)=CC(=Cc1sc(=S)[nH]c1O)C(=O)N=2. The molecule has 0 radical (unpaired) electrons. The van der Waals surface area contributed by atoms with E-state index >= 15 is 0 Å². The fourth-order valence-corrected chi connectivity index (χ4v) is 3.13. The summed E-state index contributed by atoms with van der Waals surface area (Å²) in [5.74, 6) is 0.328. The second-order valence-electron chi connectivity index (χ2n) is 4.54. The van der Waals surface area contributed by atoms with E-state index in [9.17, 15) is 9.90 Å².